The van der Waals surface area contributed by atoms with Gasteiger partial charge in [0, 0.05) is 6.20 Å². The minimum absolute atomic E-state index is 0.0380. The van der Waals surface area contributed by atoms with Crippen LogP contribution in [0, 0.1) is 11.6 Å². The summed E-state index contributed by atoms with van der Waals surface area (Å²) in [6.45, 7) is 0. The van der Waals surface area contributed by atoms with Gasteiger partial charge in [0.15, 0.2) is 5.69 Å². The number of nitrogens with zero attached hydrogens (tertiary/aromatic N) is 2. The predicted molar refractivity (Wildman–Crippen MR) is 118 cm³/mol. The number of halogens is 2. The van der Waals surface area contributed by atoms with Gasteiger partial charge in [0.25, 0.3) is 5.91 Å². The van der Waals surface area contributed by atoms with E-state index in [1.54, 1.807) is 0 Å². The molecule has 12 heteroatoms. The average Bonchev–Trinajstić information content (AvgIpc) is 2.82. The number of aryl methyl sites for hydroxylation is 2. The highest BCUT2D eigenvalue weighted by molar-refractivity contribution is 6.06. The largest absolute Gasteiger partial charge is 0.478 e. The number of anilines is 2. The molecule has 3 rings (SSSR count). The van der Waals surface area contributed by atoms with Crippen molar-refractivity contribution in [2.75, 3.05) is 10.6 Å². The number of carbonyl (C=O) groups is 4. The first-order valence-electron chi connectivity index (χ1n) is 10.1. The van der Waals surface area contributed by atoms with Crippen molar-refractivity contribution in [1.29, 1.82) is 0 Å². The van der Waals surface area contributed by atoms with Crippen molar-refractivity contribution >= 4 is 35.6 Å². The fraction of sp³-hybridized carbons (Fsp3) is 0.130. The van der Waals surface area contributed by atoms with E-state index in [4.69, 9.17) is 5.11 Å². The summed E-state index contributed by atoms with van der Waals surface area (Å²) in [5.74, 6) is -5.26. The number of hydrogen-bond donors (Lipinski definition) is 4. The van der Waals surface area contributed by atoms with Crippen molar-refractivity contribution < 1.29 is 38.2 Å². The Balaban J connectivity index is 1.81. The second-order valence-electron chi connectivity index (χ2n) is 7.27. The van der Waals surface area contributed by atoms with Gasteiger partial charge in [0.05, 0.1) is 22.5 Å². The lowest BCUT2D eigenvalue weighted by molar-refractivity contribution is -0.105. The Morgan fingerprint density at radius 1 is 0.914 bits per heavy atom. The highest BCUT2D eigenvalue weighted by atomic mass is 19.1. The maximum atomic E-state index is 14.6. The number of aromatic carboxylic acids is 2. The molecule has 0 aliphatic rings. The molecule has 0 unspecified atom stereocenters. The number of carboxylic acid groups (broad SMARTS) is 2. The Labute approximate surface area is 196 Å². The molecule has 0 aliphatic heterocycles. The number of benzene rings is 2. The molecule has 0 radical (unpaired) electrons. The van der Waals surface area contributed by atoms with Crippen LogP contribution in [0.3, 0.4) is 0 Å². The van der Waals surface area contributed by atoms with E-state index < -0.39 is 40.6 Å². The third kappa shape index (κ3) is 5.99. The van der Waals surface area contributed by atoms with Gasteiger partial charge in [-0.05, 0) is 66.8 Å². The molecule has 0 atom stereocenters. The lowest BCUT2D eigenvalue weighted by atomic mass is 9.99. The number of amides is 2. The lowest BCUT2D eigenvalue weighted by Gasteiger charge is -2.13. The monoisotopic (exact) mass is 484 g/mol. The van der Waals surface area contributed by atoms with Gasteiger partial charge in [-0.2, -0.15) is 5.10 Å². The number of nitrogens with one attached hydrogen (secondary N) is 2. The quantitative estimate of drug-likeness (QED) is 0.320. The summed E-state index contributed by atoms with van der Waals surface area (Å²) in [5.41, 5.74) is -1.04. The molecule has 0 saturated heterocycles. The lowest BCUT2D eigenvalue weighted by Crippen LogP contribution is -2.17. The first-order chi connectivity index (χ1) is 16.7. The number of carboxylic acids is 2. The van der Waals surface area contributed by atoms with Gasteiger partial charge in [-0.25, -0.2) is 18.4 Å². The van der Waals surface area contributed by atoms with E-state index in [-0.39, 0.29) is 53.9 Å². The van der Waals surface area contributed by atoms with Gasteiger partial charge in [0.2, 0.25) is 6.41 Å². The van der Waals surface area contributed by atoms with Crippen molar-refractivity contribution in [2.24, 2.45) is 0 Å². The van der Waals surface area contributed by atoms with Crippen molar-refractivity contribution in [3.05, 3.63) is 82.2 Å². The van der Waals surface area contributed by atoms with Crippen LogP contribution in [0.4, 0.5) is 20.2 Å². The summed E-state index contributed by atoms with van der Waals surface area (Å²) in [5, 5.41) is 30.3. The zero-order valence-corrected chi connectivity index (χ0v) is 17.9. The molecule has 180 valence electrons. The summed E-state index contributed by atoms with van der Waals surface area (Å²) in [6.07, 6.45) is 1.90. The third-order valence-electron chi connectivity index (χ3n) is 4.99. The van der Waals surface area contributed by atoms with Gasteiger partial charge in [0.1, 0.15) is 11.6 Å². The molecular formula is C23H18F2N4O6. The van der Waals surface area contributed by atoms with Crippen molar-refractivity contribution in [3.63, 3.8) is 0 Å². The molecular weight excluding hydrogens is 466 g/mol. The average molecular weight is 484 g/mol. The fourth-order valence-electron chi connectivity index (χ4n) is 3.34. The van der Waals surface area contributed by atoms with Gasteiger partial charge < -0.3 is 20.8 Å². The van der Waals surface area contributed by atoms with Crippen molar-refractivity contribution in [2.45, 2.75) is 19.3 Å². The summed E-state index contributed by atoms with van der Waals surface area (Å²) >= 11 is 0. The summed E-state index contributed by atoms with van der Waals surface area (Å²) in [7, 11) is 0. The van der Waals surface area contributed by atoms with Crippen LogP contribution in [-0.2, 0) is 17.6 Å². The highest BCUT2D eigenvalue weighted by Gasteiger charge is 2.19. The van der Waals surface area contributed by atoms with Gasteiger partial charge in [-0.1, -0.05) is 0 Å². The van der Waals surface area contributed by atoms with E-state index in [1.165, 1.54) is 30.5 Å². The standard InChI is InChI=1S/C23H18F2N4O6/c24-16-9-14(22(32)33)19(26-11-30)7-12(16)3-1-4-13-8-20(15(23(34)35)10-17(13)25)28-21(31)18-5-2-6-27-29-18/h2,5-11H,1,3-4H2,(H,26,30)(H,28,31)(H,32,33)(H,34,35). The van der Waals surface area contributed by atoms with E-state index in [2.05, 4.69) is 20.8 Å². The maximum absolute atomic E-state index is 14.6. The van der Waals surface area contributed by atoms with Crippen LogP contribution in [0.25, 0.3) is 0 Å². The number of carbonyl (C=O) groups excluding carboxylic acids is 2. The van der Waals surface area contributed by atoms with E-state index in [1.807, 2.05) is 0 Å². The van der Waals surface area contributed by atoms with Crippen LogP contribution in [0.2, 0.25) is 0 Å². The number of rotatable bonds is 10. The second kappa shape index (κ2) is 10.9. The molecule has 0 fully saturated rings. The topological polar surface area (TPSA) is 159 Å². The van der Waals surface area contributed by atoms with Crippen LogP contribution in [0.15, 0.2) is 42.6 Å². The molecule has 3 aromatic rings. The smallest absolute Gasteiger partial charge is 0.337 e. The minimum Gasteiger partial charge on any atom is -0.478 e. The Hall–Kier alpha value is -4.74. The Bertz CT molecular complexity index is 1300. The molecule has 10 nitrogen and oxygen atoms in total. The molecule has 2 amide bonds. The first kappa shape index (κ1) is 24.9. The van der Waals surface area contributed by atoms with Gasteiger partial charge in [-0.3, -0.25) is 9.59 Å². The Morgan fingerprint density at radius 2 is 1.49 bits per heavy atom. The number of aromatic nitrogens is 2. The van der Waals surface area contributed by atoms with E-state index in [0.717, 1.165) is 12.1 Å². The molecule has 0 spiro atoms. The van der Waals surface area contributed by atoms with E-state index in [9.17, 15) is 33.1 Å². The molecule has 35 heavy (non-hydrogen) atoms. The van der Waals surface area contributed by atoms with Crippen molar-refractivity contribution in [3.8, 4) is 0 Å². The molecule has 1 heterocycles. The first-order valence-corrected chi connectivity index (χ1v) is 10.1. The fourth-order valence-corrected chi connectivity index (χ4v) is 3.34. The van der Waals surface area contributed by atoms with Crippen molar-refractivity contribution in [1.82, 2.24) is 10.2 Å². The Morgan fingerprint density at radius 3 is 2.00 bits per heavy atom. The van der Waals surface area contributed by atoms with E-state index >= 15 is 0 Å². The zero-order chi connectivity index (χ0) is 25.5. The highest BCUT2D eigenvalue weighted by Crippen LogP contribution is 2.25. The van der Waals surface area contributed by atoms with Crippen LogP contribution in [0.1, 0.15) is 48.8 Å². The SMILES string of the molecule is O=CNc1cc(CCCc2cc(NC(=O)c3cccnn3)c(C(=O)O)cc2F)c(F)cc1C(=O)O. The van der Waals surface area contributed by atoms with Gasteiger partial charge in [-0.15, -0.1) is 5.10 Å². The normalized spacial score (nSPS) is 10.5. The van der Waals surface area contributed by atoms with Crippen LogP contribution in [0.5, 0.6) is 0 Å². The molecule has 2 aromatic carbocycles. The molecule has 0 aliphatic carbocycles. The summed E-state index contributed by atoms with van der Waals surface area (Å²) in [6, 6.07) is 6.75. The zero-order valence-electron chi connectivity index (χ0n) is 17.9. The van der Waals surface area contributed by atoms with E-state index in [0.29, 0.717) is 0 Å². The van der Waals surface area contributed by atoms with Gasteiger partial charge >= 0.3 is 11.9 Å². The predicted octanol–water partition coefficient (Wildman–Crippen LogP) is 3.15. The molecule has 4 N–H and O–H groups in total. The van der Waals surface area contributed by atoms with Crippen LogP contribution in [-0.4, -0.2) is 44.7 Å². The van der Waals surface area contributed by atoms with Crippen LogP contribution < -0.4 is 10.6 Å². The second-order valence-corrected chi connectivity index (χ2v) is 7.27. The Kier molecular flexibility index (Phi) is 7.77. The number of hydrogen-bond acceptors (Lipinski definition) is 6. The minimum atomic E-state index is -1.46. The summed E-state index contributed by atoms with van der Waals surface area (Å²) < 4.78 is 28.9. The van der Waals surface area contributed by atoms with Crippen LogP contribution >= 0.6 is 0 Å². The molecule has 1 aromatic heterocycles. The molecule has 0 saturated carbocycles. The third-order valence-corrected chi connectivity index (χ3v) is 4.99. The maximum Gasteiger partial charge on any atom is 0.337 e. The summed E-state index contributed by atoms with van der Waals surface area (Å²) in [4.78, 5) is 45.9. The molecule has 0 bridgehead atoms.